The van der Waals surface area contributed by atoms with Crippen LogP contribution in [0.15, 0.2) is 18.2 Å². The van der Waals surface area contributed by atoms with Crippen molar-refractivity contribution in [2.24, 2.45) is 0 Å². The molecule has 1 unspecified atom stereocenters. The van der Waals surface area contributed by atoms with Crippen LogP contribution in [0.4, 0.5) is 0 Å². The SMILES string of the molecule is CCCCCCCCCCCCCOC(=O)C(C)(CCCC)c1ccc(O)c(C)c1. The largest absolute Gasteiger partial charge is 0.508 e. The van der Waals surface area contributed by atoms with Gasteiger partial charge in [0.1, 0.15) is 5.75 Å². The Labute approximate surface area is 185 Å². The maximum Gasteiger partial charge on any atom is 0.316 e. The fraction of sp³-hybridized carbons (Fsp3) is 0.741. The molecule has 0 spiro atoms. The molecule has 0 fully saturated rings. The summed E-state index contributed by atoms with van der Waals surface area (Å²) in [6, 6.07) is 5.47. The summed E-state index contributed by atoms with van der Waals surface area (Å²) in [5.41, 5.74) is 1.09. The van der Waals surface area contributed by atoms with Crippen molar-refractivity contribution >= 4 is 5.97 Å². The zero-order valence-electron chi connectivity index (χ0n) is 20.1. The van der Waals surface area contributed by atoms with E-state index in [9.17, 15) is 9.90 Å². The van der Waals surface area contributed by atoms with Crippen LogP contribution in [0, 0.1) is 6.92 Å². The molecule has 0 aliphatic carbocycles. The van der Waals surface area contributed by atoms with Crippen molar-refractivity contribution in [3.63, 3.8) is 0 Å². The van der Waals surface area contributed by atoms with Crippen molar-refractivity contribution in [1.82, 2.24) is 0 Å². The number of ether oxygens (including phenoxy) is 1. The van der Waals surface area contributed by atoms with Gasteiger partial charge in [0.05, 0.1) is 12.0 Å². The Bertz CT molecular complexity index is 596. The highest BCUT2D eigenvalue weighted by atomic mass is 16.5. The predicted molar refractivity (Wildman–Crippen MR) is 127 cm³/mol. The second-order valence-corrected chi connectivity index (χ2v) is 9.11. The molecule has 1 rings (SSSR count). The molecule has 0 radical (unpaired) electrons. The first-order valence-electron chi connectivity index (χ1n) is 12.4. The number of phenols is 1. The maximum absolute atomic E-state index is 13.0. The van der Waals surface area contributed by atoms with Crippen molar-refractivity contribution in [2.45, 2.75) is 123 Å². The van der Waals surface area contributed by atoms with Crippen molar-refractivity contribution in [1.29, 1.82) is 0 Å². The number of carbonyl (C=O) groups is 1. The van der Waals surface area contributed by atoms with Gasteiger partial charge in [0.15, 0.2) is 0 Å². The lowest BCUT2D eigenvalue weighted by atomic mass is 9.77. The number of esters is 1. The maximum atomic E-state index is 13.0. The molecule has 0 aromatic heterocycles. The summed E-state index contributed by atoms with van der Waals surface area (Å²) >= 11 is 0. The number of phenolic OH excluding ortho intramolecular Hbond substituents is 1. The third kappa shape index (κ3) is 9.53. The molecule has 3 nitrogen and oxygen atoms in total. The summed E-state index contributed by atoms with van der Waals surface area (Å²) in [6.45, 7) is 8.76. The third-order valence-electron chi connectivity index (χ3n) is 6.30. The smallest absolute Gasteiger partial charge is 0.316 e. The molecule has 0 heterocycles. The number of hydrogen-bond donors (Lipinski definition) is 1. The van der Waals surface area contributed by atoms with E-state index in [4.69, 9.17) is 4.74 Å². The number of aromatic hydroxyl groups is 1. The van der Waals surface area contributed by atoms with E-state index in [1.165, 1.54) is 57.8 Å². The van der Waals surface area contributed by atoms with Gasteiger partial charge in [-0.15, -0.1) is 0 Å². The second-order valence-electron chi connectivity index (χ2n) is 9.11. The van der Waals surface area contributed by atoms with E-state index >= 15 is 0 Å². The summed E-state index contributed by atoms with van der Waals surface area (Å²) in [5, 5.41) is 9.83. The molecule has 1 aromatic carbocycles. The van der Waals surface area contributed by atoms with E-state index in [2.05, 4.69) is 13.8 Å². The third-order valence-corrected chi connectivity index (χ3v) is 6.30. The number of aryl methyl sites for hydroxylation is 1. The van der Waals surface area contributed by atoms with Gasteiger partial charge in [-0.2, -0.15) is 0 Å². The van der Waals surface area contributed by atoms with E-state index in [0.29, 0.717) is 6.61 Å². The molecule has 3 heteroatoms. The second kappa shape index (κ2) is 15.3. The molecule has 1 atom stereocenters. The zero-order chi connectivity index (χ0) is 22.2. The van der Waals surface area contributed by atoms with Crippen molar-refractivity contribution in [3.05, 3.63) is 29.3 Å². The van der Waals surface area contributed by atoms with Crippen LogP contribution in [-0.4, -0.2) is 17.7 Å². The number of unbranched alkanes of at least 4 members (excludes halogenated alkanes) is 11. The average Bonchev–Trinajstić information content (AvgIpc) is 2.74. The number of carbonyl (C=O) groups excluding carboxylic acids is 1. The fourth-order valence-corrected chi connectivity index (χ4v) is 3.98. The minimum absolute atomic E-state index is 0.131. The molecule has 0 aliphatic rings. The van der Waals surface area contributed by atoms with Crippen LogP contribution in [0.5, 0.6) is 5.75 Å². The zero-order valence-corrected chi connectivity index (χ0v) is 20.1. The summed E-state index contributed by atoms with van der Waals surface area (Å²) in [7, 11) is 0. The molecule has 0 saturated heterocycles. The van der Waals surface area contributed by atoms with Crippen LogP contribution < -0.4 is 0 Å². The molecule has 0 saturated carbocycles. The van der Waals surface area contributed by atoms with Crippen molar-refractivity contribution in [3.8, 4) is 5.75 Å². The molecule has 1 aromatic rings. The Morgan fingerprint density at radius 2 is 1.40 bits per heavy atom. The molecular formula is C27H46O3. The molecule has 172 valence electrons. The van der Waals surface area contributed by atoms with Crippen LogP contribution in [0.1, 0.15) is 122 Å². The van der Waals surface area contributed by atoms with Gasteiger partial charge in [0, 0.05) is 0 Å². The Kier molecular flexibility index (Phi) is 13.5. The molecule has 30 heavy (non-hydrogen) atoms. The molecule has 0 amide bonds. The first kappa shape index (κ1) is 26.5. The quantitative estimate of drug-likeness (QED) is 0.206. The van der Waals surface area contributed by atoms with Gasteiger partial charge in [0.2, 0.25) is 0 Å². The normalized spacial score (nSPS) is 13.2. The molecular weight excluding hydrogens is 372 g/mol. The highest BCUT2D eigenvalue weighted by molar-refractivity contribution is 5.83. The average molecular weight is 419 g/mol. The van der Waals surface area contributed by atoms with Crippen molar-refractivity contribution < 1.29 is 14.6 Å². The van der Waals surface area contributed by atoms with Crippen LogP contribution >= 0.6 is 0 Å². The first-order chi connectivity index (χ1) is 14.5. The van der Waals surface area contributed by atoms with Gasteiger partial charge in [-0.3, -0.25) is 4.79 Å². The Hall–Kier alpha value is -1.51. The van der Waals surface area contributed by atoms with Crippen LogP contribution in [-0.2, 0) is 14.9 Å². The lowest BCUT2D eigenvalue weighted by molar-refractivity contribution is -0.150. The monoisotopic (exact) mass is 418 g/mol. The number of benzene rings is 1. The Morgan fingerprint density at radius 3 is 1.93 bits per heavy atom. The van der Waals surface area contributed by atoms with Crippen LogP contribution in [0.25, 0.3) is 0 Å². The van der Waals surface area contributed by atoms with Gasteiger partial charge in [-0.25, -0.2) is 0 Å². The highest BCUT2D eigenvalue weighted by Gasteiger charge is 2.36. The van der Waals surface area contributed by atoms with E-state index in [1.807, 2.05) is 26.0 Å². The number of rotatable bonds is 17. The first-order valence-corrected chi connectivity index (χ1v) is 12.4. The van der Waals surface area contributed by atoms with Crippen LogP contribution in [0.2, 0.25) is 0 Å². The number of hydrogen-bond acceptors (Lipinski definition) is 3. The summed E-state index contributed by atoms with van der Waals surface area (Å²) < 4.78 is 5.71. The summed E-state index contributed by atoms with van der Waals surface area (Å²) in [6.07, 6.45) is 16.9. The topological polar surface area (TPSA) is 46.5 Å². The van der Waals surface area contributed by atoms with Gasteiger partial charge < -0.3 is 9.84 Å². The minimum Gasteiger partial charge on any atom is -0.508 e. The lowest BCUT2D eigenvalue weighted by Crippen LogP contribution is -2.34. The highest BCUT2D eigenvalue weighted by Crippen LogP contribution is 2.33. The van der Waals surface area contributed by atoms with Gasteiger partial charge in [-0.1, -0.05) is 103 Å². The summed E-state index contributed by atoms with van der Waals surface area (Å²) in [4.78, 5) is 13.0. The van der Waals surface area contributed by atoms with Crippen LogP contribution in [0.3, 0.4) is 0 Å². The van der Waals surface area contributed by atoms with E-state index in [0.717, 1.165) is 43.2 Å². The standard InChI is InChI=1S/C27H46O3/c1-5-7-9-10-11-12-13-14-15-16-17-21-30-26(29)27(4,20-8-6-2)24-18-19-25(28)23(3)22-24/h18-19,22,28H,5-17,20-21H2,1-4H3. The van der Waals surface area contributed by atoms with E-state index < -0.39 is 5.41 Å². The minimum atomic E-state index is -0.647. The van der Waals surface area contributed by atoms with E-state index in [1.54, 1.807) is 6.07 Å². The fourth-order valence-electron chi connectivity index (χ4n) is 3.98. The Balaban J connectivity index is 2.33. The van der Waals surface area contributed by atoms with Gasteiger partial charge in [0.25, 0.3) is 0 Å². The Morgan fingerprint density at radius 1 is 0.867 bits per heavy atom. The molecule has 1 N–H and O–H groups in total. The van der Waals surface area contributed by atoms with Gasteiger partial charge in [-0.05, 0) is 43.9 Å². The lowest BCUT2D eigenvalue weighted by Gasteiger charge is -2.28. The van der Waals surface area contributed by atoms with E-state index in [-0.39, 0.29) is 11.7 Å². The van der Waals surface area contributed by atoms with Crippen molar-refractivity contribution in [2.75, 3.05) is 6.61 Å². The summed E-state index contributed by atoms with van der Waals surface area (Å²) in [5.74, 6) is 0.138. The predicted octanol–water partition coefficient (Wildman–Crippen LogP) is 8.00. The molecule has 0 aliphatic heterocycles. The molecule has 0 bridgehead atoms. The van der Waals surface area contributed by atoms with Gasteiger partial charge >= 0.3 is 5.97 Å².